The van der Waals surface area contributed by atoms with Crippen LogP contribution in [0.5, 0.6) is 0 Å². The van der Waals surface area contributed by atoms with E-state index in [0.29, 0.717) is 5.92 Å². The fourth-order valence-corrected chi connectivity index (χ4v) is 4.62. The van der Waals surface area contributed by atoms with Gasteiger partial charge in [-0.3, -0.25) is 4.18 Å². The van der Waals surface area contributed by atoms with Crippen LogP contribution in [-0.2, 0) is 14.3 Å². The summed E-state index contributed by atoms with van der Waals surface area (Å²) in [6.45, 7) is 3.78. The molecule has 0 saturated heterocycles. The molecule has 0 aromatic heterocycles. The molecule has 0 aromatic carbocycles. The number of rotatable bonds is 4. The van der Waals surface area contributed by atoms with Gasteiger partial charge in [0.15, 0.2) is 0 Å². The van der Waals surface area contributed by atoms with Gasteiger partial charge < -0.3 is 0 Å². The van der Waals surface area contributed by atoms with Crippen LogP contribution in [0.4, 0.5) is 0 Å². The van der Waals surface area contributed by atoms with E-state index in [-0.39, 0.29) is 11.4 Å². The Morgan fingerprint density at radius 3 is 2.11 bits per heavy atom. The van der Waals surface area contributed by atoms with E-state index in [2.05, 4.69) is 6.58 Å². The molecule has 2 aliphatic rings. The summed E-state index contributed by atoms with van der Waals surface area (Å²) in [6.07, 6.45) is 10.4. The van der Waals surface area contributed by atoms with Gasteiger partial charge in [0.25, 0.3) is 10.1 Å². The van der Waals surface area contributed by atoms with Gasteiger partial charge in [-0.15, -0.1) is 6.58 Å². The number of hydrogen-bond donors (Lipinski definition) is 0. The smallest absolute Gasteiger partial charge is 0.267 e. The van der Waals surface area contributed by atoms with E-state index in [1.54, 1.807) is 0 Å². The molecule has 4 heteroatoms. The summed E-state index contributed by atoms with van der Waals surface area (Å²) in [6, 6.07) is 0. The molecule has 104 valence electrons. The van der Waals surface area contributed by atoms with Crippen molar-refractivity contribution in [3.05, 3.63) is 12.7 Å². The minimum Gasteiger partial charge on any atom is -0.267 e. The van der Waals surface area contributed by atoms with Crippen LogP contribution in [0.15, 0.2) is 12.7 Å². The Morgan fingerprint density at radius 2 is 1.56 bits per heavy atom. The van der Waals surface area contributed by atoms with Crippen molar-refractivity contribution in [3.63, 3.8) is 0 Å². The molecule has 0 amide bonds. The average Bonchev–Trinajstić information content (AvgIpc) is 2.39. The molecule has 2 aliphatic carbocycles. The van der Waals surface area contributed by atoms with Gasteiger partial charge in [0.1, 0.15) is 0 Å². The topological polar surface area (TPSA) is 43.4 Å². The van der Waals surface area contributed by atoms with Crippen molar-refractivity contribution in [1.82, 2.24) is 0 Å². The highest BCUT2D eigenvalue weighted by Gasteiger charge is 2.33. The second-order valence-corrected chi connectivity index (χ2v) is 7.47. The van der Waals surface area contributed by atoms with Gasteiger partial charge >= 0.3 is 0 Å². The van der Waals surface area contributed by atoms with Crippen molar-refractivity contribution < 1.29 is 12.6 Å². The minimum atomic E-state index is -3.35. The van der Waals surface area contributed by atoms with E-state index in [9.17, 15) is 8.42 Å². The van der Waals surface area contributed by atoms with Crippen molar-refractivity contribution in [3.8, 4) is 0 Å². The molecule has 0 aromatic rings. The molecule has 0 atom stereocenters. The molecule has 3 nitrogen and oxygen atoms in total. The normalized spacial score (nSPS) is 31.1. The summed E-state index contributed by atoms with van der Waals surface area (Å²) in [7, 11) is -3.35. The molecular weight excluding hydrogens is 248 g/mol. The van der Waals surface area contributed by atoms with Gasteiger partial charge in [0.05, 0.1) is 11.4 Å². The average molecular weight is 272 g/mol. The molecule has 2 saturated carbocycles. The van der Waals surface area contributed by atoms with Gasteiger partial charge in [-0.1, -0.05) is 25.3 Å². The zero-order valence-electron chi connectivity index (χ0n) is 11.0. The lowest BCUT2D eigenvalue weighted by molar-refractivity contribution is 0.157. The summed E-state index contributed by atoms with van der Waals surface area (Å²) < 4.78 is 29.8. The SMILES string of the molecule is C=CC1CCC(S(=O)(=O)OC2CCCCC2)CC1. The molecule has 0 unspecified atom stereocenters. The highest BCUT2D eigenvalue weighted by Crippen LogP contribution is 2.31. The monoisotopic (exact) mass is 272 g/mol. The zero-order valence-corrected chi connectivity index (χ0v) is 11.8. The third kappa shape index (κ3) is 3.58. The van der Waals surface area contributed by atoms with Gasteiger partial charge in [-0.05, 0) is 44.4 Å². The highest BCUT2D eigenvalue weighted by molar-refractivity contribution is 7.87. The lowest BCUT2D eigenvalue weighted by atomic mass is 9.89. The zero-order chi connectivity index (χ0) is 13.0. The first kappa shape index (κ1) is 14.1. The lowest BCUT2D eigenvalue weighted by Gasteiger charge is -2.28. The molecule has 0 aliphatic heterocycles. The van der Waals surface area contributed by atoms with Crippen molar-refractivity contribution in [1.29, 1.82) is 0 Å². The van der Waals surface area contributed by atoms with Crippen LogP contribution < -0.4 is 0 Å². The Balaban J connectivity index is 1.88. The molecular formula is C14H24O3S. The van der Waals surface area contributed by atoms with Crippen LogP contribution in [0.2, 0.25) is 0 Å². The highest BCUT2D eigenvalue weighted by atomic mass is 32.2. The quantitative estimate of drug-likeness (QED) is 0.582. The largest absolute Gasteiger partial charge is 0.270 e. The first-order chi connectivity index (χ1) is 8.62. The summed E-state index contributed by atoms with van der Waals surface area (Å²) in [5.74, 6) is 0.492. The lowest BCUT2D eigenvalue weighted by Crippen LogP contribution is -2.32. The van der Waals surface area contributed by atoms with Crippen molar-refractivity contribution >= 4 is 10.1 Å². The van der Waals surface area contributed by atoms with Crippen LogP contribution in [0, 0.1) is 5.92 Å². The standard InChI is InChI=1S/C14H24O3S/c1-2-12-8-10-14(11-9-12)18(15,16)17-13-6-4-3-5-7-13/h2,12-14H,1,3-11H2. The molecule has 2 rings (SSSR count). The Bertz CT molecular complexity index is 361. The van der Waals surface area contributed by atoms with Crippen LogP contribution in [0.3, 0.4) is 0 Å². The molecule has 2 fully saturated rings. The van der Waals surface area contributed by atoms with Crippen LogP contribution in [0.25, 0.3) is 0 Å². The fourth-order valence-electron chi connectivity index (χ4n) is 3.04. The van der Waals surface area contributed by atoms with E-state index in [1.807, 2.05) is 6.08 Å². The predicted molar refractivity (Wildman–Crippen MR) is 72.8 cm³/mol. The second-order valence-electron chi connectivity index (χ2n) is 5.62. The molecule has 0 radical (unpaired) electrons. The fraction of sp³-hybridized carbons (Fsp3) is 0.857. The minimum absolute atomic E-state index is 0.0547. The molecule has 0 heterocycles. The van der Waals surface area contributed by atoms with Gasteiger partial charge in [0, 0.05) is 0 Å². The Morgan fingerprint density at radius 1 is 0.944 bits per heavy atom. The second kappa shape index (κ2) is 6.20. The van der Waals surface area contributed by atoms with E-state index in [1.165, 1.54) is 6.42 Å². The van der Waals surface area contributed by atoms with E-state index in [0.717, 1.165) is 51.4 Å². The van der Waals surface area contributed by atoms with Crippen molar-refractivity contribution in [2.45, 2.75) is 69.1 Å². The maximum absolute atomic E-state index is 12.2. The first-order valence-corrected chi connectivity index (χ1v) is 8.63. The summed E-state index contributed by atoms with van der Waals surface area (Å²) in [5.41, 5.74) is 0. The Labute approximate surface area is 111 Å². The van der Waals surface area contributed by atoms with E-state index >= 15 is 0 Å². The van der Waals surface area contributed by atoms with E-state index < -0.39 is 10.1 Å². The third-order valence-electron chi connectivity index (χ3n) is 4.28. The predicted octanol–water partition coefficient (Wildman–Crippen LogP) is 3.41. The maximum Gasteiger partial charge on any atom is 0.270 e. The van der Waals surface area contributed by atoms with Gasteiger partial charge in [-0.25, -0.2) is 0 Å². The van der Waals surface area contributed by atoms with Crippen LogP contribution >= 0.6 is 0 Å². The number of allylic oxidation sites excluding steroid dienone is 1. The maximum atomic E-state index is 12.2. The van der Waals surface area contributed by atoms with E-state index in [4.69, 9.17) is 4.18 Å². The first-order valence-electron chi connectivity index (χ1n) is 7.16. The molecule has 18 heavy (non-hydrogen) atoms. The number of hydrogen-bond acceptors (Lipinski definition) is 3. The Hall–Kier alpha value is -0.350. The molecule has 0 N–H and O–H groups in total. The molecule has 0 bridgehead atoms. The summed E-state index contributed by atoms with van der Waals surface area (Å²) in [4.78, 5) is 0. The summed E-state index contributed by atoms with van der Waals surface area (Å²) in [5, 5.41) is -0.282. The third-order valence-corrected chi connectivity index (χ3v) is 6.11. The van der Waals surface area contributed by atoms with Crippen LogP contribution in [-0.4, -0.2) is 19.8 Å². The van der Waals surface area contributed by atoms with Gasteiger partial charge in [-0.2, -0.15) is 8.42 Å². The van der Waals surface area contributed by atoms with Crippen molar-refractivity contribution in [2.24, 2.45) is 5.92 Å². The van der Waals surface area contributed by atoms with Crippen LogP contribution in [0.1, 0.15) is 57.8 Å². The van der Waals surface area contributed by atoms with Gasteiger partial charge in [0.2, 0.25) is 0 Å². The Kier molecular flexibility index (Phi) is 4.84. The molecule has 0 spiro atoms. The van der Waals surface area contributed by atoms with Crippen molar-refractivity contribution in [2.75, 3.05) is 0 Å². The summed E-state index contributed by atoms with van der Waals surface area (Å²) >= 11 is 0.